The number of ether oxygens (including phenoxy) is 1. The molecule has 0 spiro atoms. The fourth-order valence-electron chi connectivity index (χ4n) is 6.29. The van der Waals surface area contributed by atoms with E-state index in [1.165, 1.54) is 25.5 Å². The van der Waals surface area contributed by atoms with Crippen LogP contribution >= 0.6 is 0 Å². The van der Waals surface area contributed by atoms with Crippen molar-refractivity contribution in [2.24, 2.45) is 17.3 Å². The van der Waals surface area contributed by atoms with Crippen molar-refractivity contribution < 1.29 is 18.7 Å². The summed E-state index contributed by atoms with van der Waals surface area (Å²) in [7, 11) is 0. The zero-order valence-electron chi connectivity index (χ0n) is 18.1. The molecule has 2 saturated heterocycles. The Labute approximate surface area is 178 Å². The SMILES string of the molecule is CC1=C2C[C@H]3[C@@H](C[C@@]2(C)CCC1)OC(=O)[C@@H]3CN1CCN(C(=O)c2ccco2)CC1. The van der Waals surface area contributed by atoms with E-state index in [4.69, 9.17) is 9.15 Å². The van der Waals surface area contributed by atoms with Gasteiger partial charge in [0.15, 0.2) is 5.76 Å². The van der Waals surface area contributed by atoms with E-state index < -0.39 is 0 Å². The van der Waals surface area contributed by atoms with E-state index in [9.17, 15) is 9.59 Å². The largest absolute Gasteiger partial charge is 0.462 e. The average Bonchev–Trinajstić information content (AvgIpc) is 3.35. The average molecular weight is 413 g/mol. The standard InChI is InChI=1S/C24H32N2O4/c1-16-5-3-7-24(2)14-21-17(13-19(16)24)18(23(28)30-21)15-25-8-10-26(11-9-25)22(27)20-6-4-12-29-20/h4,6,12,17-18,21H,3,5,7-11,13-15H2,1-2H3/t17-,18-,21-,24-/m1/s1. The Balaban J connectivity index is 1.23. The molecular formula is C24H32N2O4. The number of hydrogen-bond acceptors (Lipinski definition) is 5. The number of esters is 1. The highest BCUT2D eigenvalue weighted by atomic mass is 16.6. The minimum atomic E-state index is -0.0498. The molecule has 162 valence electrons. The van der Waals surface area contributed by atoms with Crippen molar-refractivity contribution in [2.75, 3.05) is 32.7 Å². The van der Waals surface area contributed by atoms with Gasteiger partial charge in [0.05, 0.1) is 12.2 Å². The van der Waals surface area contributed by atoms with Crippen LogP contribution < -0.4 is 0 Å². The van der Waals surface area contributed by atoms with Crippen molar-refractivity contribution in [3.05, 3.63) is 35.3 Å². The minimum absolute atomic E-state index is 0.0143. The lowest BCUT2D eigenvalue weighted by Crippen LogP contribution is -2.51. The van der Waals surface area contributed by atoms with Gasteiger partial charge in [0.25, 0.3) is 5.91 Å². The summed E-state index contributed by atoms with van der Waals surface area (Å²) in [5.74, 6) is 0.586. The van der Waals surface area contributed by atoms with Crippen molar-refractivity contribution in [2.45, 2.75) is 52.1 Å². The molecule has 0 radical (unpaired) electrons. The lowest BCUT2D eigenvalue weighted by molar-refractivity contribution is -0.145. The van der Waals surface area contributed by atoms with Gasteiger partial charge >= 0.3 is 5.97 Å². The van der Waals surface area contributed by atoms with Crippen LogP contribution in [0.5, 0.6) is 0 Å². The van der Waals surface area contributed by atoms with Crippen LogP contribution in [0.3, 0.4) is 0 Å². The molecule has 2 aliphatic carbocycles. The summed E-state index contributed by atoms with van der Waals surface area (Å²) in [6.07, 6.45) is 7.28. The van der Waals surface area contributed by atoms with Gasteiger partial charge in [0.1, 0.15) is 6.10 Å². The highest BCUT2D eigenvalue weighted by molar-refractivity contribution is 5.91. The number of fused-ring (bicyclic) bond motifs is 2. The molecule has 1 saturated carbocycles. The maximum absolute atomic E-state index is 12.8. The maximum Gasteiger partial charge on any atom is 0.310 e. The molecule has 4 aliphatic rings. The molecule has 30 heavy (non-hydrogen) atoms. The number of nitrogens with zero attached hydrogens (tertiary/aromatic N) is 2. The van der Waals surface area contributed by atoms with Crippen LogP contribution in [-0.4, -0.2) is 60.5 Å². The van der Waals surface area contributed by atoms with Crippen molar-refractivity contribution in [3.8, 4) is 0 Å². The van der Waals surface area contributed by atoms with Gasteiger partial charge < -0.3 is 14.1 Å². The number of allylic oxidation sites excluding steroid dienone is 2. The number of hydrogen-bond donors (Lipinski definition) is 0. The Bertz CT molecular complexity index is 853. The predicted octanol–water partition coefficient (Wildman–Crippen LogP) is 3.50. The van der Waals surface area contributed by atoms with E-state index >= 15 is 0 Å². The summed E-state index contributed by atoms with van der Waals surface area (Å²) in [6, 6.07) is 3.45. The van der Waals surface area contributed by atoms with Gasteiger partial charge in [-0.1, -0.05) is 18.1 Å². The Morgan fingerprint density at radius 3 is 2.80 bits per heavy atom. The molecule has 1 amide bonds. The van der Waals surface area contributed by atoms with Gasteiger partial charge in [0, 0.05) is 38.6 Å². The van der Waals surface area contributed by atoms with Crippen LogP contribution in [0.25, 0.3) is 0 Å². The number of carbonyl (C=O) groups excluding carboxylic acids is 2. The molecule has 0 aromatic carbocycles. The van der Waals surface area contributed by atoms with Crippen molar-refractivity contribution in [1.82, 2.24) is 9.80 Å². The molecule has 1 aromatic rings. The number of furan rings is 1. The third kappa shape index (κ3) is 3.39. The molecule has 0 unspecified atom stereocenters. The van der Waals surface area contributed by atoms with Crippen LogP contribution in [0.1, 0.15) is 56.5 Å². The highest BCUT2D eigenvalue weighted by Gasteiger charge is 2.53. The lowest BCUT2D eigenvalue weighted by atomic mass is 9.59. The Morgan fingerprint density at radius 2 is 2.07 bits per heavy atom. The van der Waals surface area contributed by atoms with Gasteiger partial charge in [-0.25, -0.2) is 0 Å². The van der Waals surface area contributed by atoms with Gasteiger partial charge in [0.2, 0.25) is 0 Å². The Hall–Kier alpha value is -2.08. The van der Waals surface area contributed by atoms with E-state index in [0.29, 0.717) is 24.8 Å². The van der Waals surface area contributed by atoms with Crippen LogP contribution in [0, 0.1) is 17.3 Å². The molecule has 3 heterocycles. The first kappa shape index (κ1) is 19.9. The second kappa shape index (κ2) is 7.56. The third-order valence-corrected chi connectivity index (χ3v) is 8.03. The lowest BCUT2D eigenvalue weighted by Gasteiger charge is -2.46. The third-order valence-electron chi connectivity index (χ3n) is 8.03. The van der Waals surface area contributed by atoms with Crippen LogP contribution in [0.2, 0.25) is 0 Å². The zero-order chi connectivity index (χ0) is 20.9. The van der Waals surface area contributed by atoms with E-state index in [1.807, 2.05) is 4.90 Å². The zero-order valence-corrected chi connectivity index (χ0v) is 18.1. The second-order valence-electron chi connectivity index (χ2n) is 9.90. The molecule has 0 bridgehead atoms. The number of amides is 1. The molecule has 6 nitrogen and oxygen atoms in total. The van der Waals surface area contributed by atoms with E-state index in [1.54, 1.807) is 23.3 Å². The highest BCUT2D eigenvalue weighted by Crippen LogP contribution is 2.55. The van der Waals surface area contributed by atoms with E-state index in [2.05, 4.69) is 18.7 Å². The van der Waals surface area contributed by atoms with Crippen molar-refractivity contribution >= 4 is 11.9 Å². The van der Waals surface area contributed by atoms with E-state index in [-0.39, 0.29) is 29.3 Å². The molecule has 1 aromatic heterocycles. The van der Waals surface area contributed by atoms with Crippen molar-refractivity contribution in [1.29, 1.82) is 0 Å². The molecule has 4 atom stereocenters. The summed E-state index contributed by atoms with van der Waals surface area (Å²) in [4.78, 5) is 29.4. The first-order valence-corrected chi connectivity index (χ1v) is 11.4. The minimum Gasteiger partial charge on any atom is -0.462 e. The maximum atomic E-state index is 12.8. The van der Waals surface area contributed by atoms with Gasteiger partial charge in [-0.3, -0.25) is 14.5 Å². The molecule has 0 N–H and O–H groups in total. The Morgan fingerprint density at radius 1 is 1.27 bits per heavy atom. The number of carbonyl (C=O) groups is 2. The van der Waals surface area contributed by atoms with Gasteiger partial charge in [-0.15, -0.1) is 0 Å². The Kier molecular flexibility index (Phi) is 5.00. The smallest absolute Gasteiger partial charge is 0.310 e. The second-order valence-corrected chi connectivity index (χ2v) is 9.90. The molecule has 6 heteroatoms. The number of piperazine rings is 1. The summed E-state index contributed by atoms with van der Waals surface area (Å²) in [6.45, 7) is 8.30. The first-order chi connectivity index (χ1) is 14.4. The quantitative estimate of drug-likeness (QED) is 0.562. The van der Waals surface area contributed by atoms with Gasteiger partial charge in [-0.05, 0) is 56.6 Å². The predicted molar refractivity (Wildman–Crippen MR) is 112 cm³/mol. The summed E-state index contributed by atoms with van der Waals surface area (Å²) < 4.78 is 11.2. The monoisotopic (exact) mass is 412 g/mol. The number of rotatable bonds is 3. The first-order valence-electron chi connectivity index (χ1n) is 11.4. The summed E-state index contributed by atoms with van der Waals surface area (Å²) in [5, 5.41) is 0. The van der Waals surface area contributed by atoms with Crippen LogP contribution in [0.15, 0.2) is 34.0 Å². The molecule has 3 fully saturated rings. The molecule has 2 aliphatic heterocycles. The summed E-state index contributed by atoms with van der Waals surface area (Å²) >= 11 is 0. The summed E-state index contributed by atoms with van der Waals surface area (Å²) in [5.41, 5.74) is 3.37. The fraction of sp³-hybridized carbons (Fsp3) is 0.667. The van der Waals surface area contributed by atoms with Crippen LogP contribution in [0.4, 0.5) is 0 Å². The molecule has 5 rings (SSSR count). The van der Waals surface area contributed by atoms with Crippen LogP contribution in [-0.2, 0) is 9.53 Å². The normalized spacial score (nSPS) is 34.5. The fourth-order valence-corrected chi connectivity index (χ4v) is 6.29. The van der Waals surface area contributed by atoms with Crippen molar-refractivity contribution in [3.63, 3.8) is 0 Å². The van der Waals surface area contributed by atoms with Gasteiger partial charge in [-0.2, -0.15) is 0 Å². The topological polar surface area (TPSA) is 63.0 Å². The molecular weight excluding hydrogens is 380 g/mol. The van der Waals surface area contributed by atoms with E-state index in [0.717, 1.165) is 32.5 Å².